The van der Waals surface area contributed by atoms with Gasteiger partial charge in [-0.2, -0.15) is 10.2 Å². The first-order valence-corrected chi connectivity index (χ1v) is 16.8. The molecule has 0 heterocycles. The van der Waals surface area contributed by atoms with Crippen LogP contribution in [0, 0.1) is 24.7 Å². The molecule has 2 aromatic rings. The first kappa shape index (κ1) is 43.9. The normalized spacial score (nSPS) is 12.3. The van der Waals surface area contributed by atoms with E-state index in [0.717, 1.165) is 0 Å². The summed E-state index contributed by atoms with van der Waals surface area (Å²) in [5.74, 6) is 3.79. The van der Waals surface area contributed by atoms with Gasteiger partial charge in [0.2, 0.25) is 0 Å². The molecule has 0 spiro atoms. The molecule has 0 amide bonds. The molecule has 0 radical (unpaired) electrons. The van der Waals surface area contributed by atoms with E-state index in [9.17, 15) is 9.59 Å². The molecule has 14 heteroatoms. The summed E-state index contributed by atoms with van der Waals surface area (Å²) in [6.45, 7) is 9.05. The van der Waals surface area contributed by atoms with Crippen molar-refractivity contribution in [3.05, 3.63) is 58.7 Å². The van der Waals surface area contributed by atoms with Crippen LogP contribution in [0.2, 0.25) is 0 Å². The maximum absolute atomic E-state index is 12.9. The SMILES string of the molecule is C#Cc1cc(N=Nc2cc(C#C)cc(C(=O)O[C@@H](C)COCCOCCOCCOC)c2)cc(C(=O)O[C@@H](C)COCCOCCOCCOC)c1. The van der Waals surface area contributed by atoms with Gasteiger partial charge >= 0.3 is 11.9 Å². The largest absolute Gasteiger partial charge is 0.457 e. The highest BCUT2D eigenvalue weighted by Gasteiger charge is 2.16. The number of benzene rings is 2. The first-order valence-electron chi connectivity index (χ1n) is 16.8. The molecule has 0 saturated carbocycles. The Morgan fingerprint density at radius 3 is 1.19 bits per heavy atom. The number of ether oxygens (including phenoxy) is 10. The molecular weight excluding hydrogens is 676 g/mol. The number of hydrogen-bond acceptors (Lipinski definition) is 14. The van der Waals surface area contributed by atoms with Crippen LogP contribution in [0.15, 0.2) is 46.6 Å². The zero-order chi connectivity index (χ0) is 37.8. The highest BCUT2D eigenvalue weighted by molar-refractivity contribution is 5.91. The van der Waals surface area contributed by atoms with Crippen molar-refractivity contribution in [1.29, 1.82) is 0 Å². The smallest absolute Gasteiger partial charge is 0.338 e. The Morgan fingerprint density at radius 2 is 0.865 bits per heavy atom. The Labute approximate surface area is 306 Å². The number of terminal acetylenes is 2. The Morgan fingerprint density at radius 1 is 0.538 bits per heavy atom. The van der Waals surface area contributed by atoms with Crippen molar-refractivity contribution in [3.8, 4) is 24.7 Å². The fourth-order valence-corrected chi connectivity index (χ4v) is 4.09. The van der Waals surface area contributed by atoms with Crippen molar-refractivity contribution in [2.75, 3.05) is 107 Å². The second kappa shape index (κ2) is 27.4. The topological polar surface area (TPSA) is 151 Å². The van der Waals surface area contributed by atoms with Crippen molar-refractivity contribution >= 4 is 23.3 Å². The number of methoxy groups -OCH3 is 2. The highest BCUT2D eigenvalue weighted by Crippen LogP contribution is 2.24. The molecule has 0 unspecified atom stereocenters. The highest BCUT2D eigenvalue weighted by atomic mass is 16.6. The van der Waals surface area contributed by atoms with Gasteiger partial charge in [-0.15, -0.1) is 12.8 Å². The van der Waals surface area contributed by atoms with Gasteiger partial charge < -0.3 is 47.4 Å². The Kier molecular flexibility index (Phi) is 23.2. The van der Waals surface area contributed by atoms with Gasteiger partial charge in [0.05, 0.1) is 115 Å². The van der Waals surface area contributed by atoms with E-state index in [0.29, 0.717) is 102 Å². The summed E-state index contributed by atoms with van der Waals surface area (Å²) in [5.41, 5.74) is 1.74. The summed E-state index contributed by atoms with van der Waals surface area (Å²) in [4.78, 5) is 25.9. The van der Waals surface area contributed by atoms with Crippen LogP contribution >= 0.6 is 0 Å². The minimum Gasteiger partial charge on any atom is -0.457 e. The fourth-order valence-electron chi connectivity index (χ4n) is 4.09. The predicted octanol–water partition coefficient (Wildman–Crippen LogP) is 4.55. The van der Waals surface area contributed by atoms with Crippen molar-refractivity contribution in [3.63, 3.8) is 0 Å². The number of rotatable bonds is 28. The van der Waals surface area contributed by atoms with Crippen LogP contribution in [0.4, 0.5) is 11.4 Å². The van der Waals surface area contributed by atoms with Crippen molar-refractivity contribution in [2.24, 2.45) is 10.2 Å². The number of carbonyl (C=O) groups is 2. The molecule has 52 heavy (non-hydrogen) atoms. The number of carbonyl (C=O) groups excluding carboxylic acids is 2. The molecule has 0 fully saturated rings. The molecule has 0 bridgehead atoms. The van der Waals surface area contributed by atoms with E-state index in [1.165, 1.54) is 24.3 Å². The summed E-state index contributed by atoms with van der Waals surface area (Å²) in [5, 5.41) is 8.48. The summed E-state index contributed by atoms with van der Waals surface area (Å²) in [6, 6.07) is 9.18. The number of esters is 2. The molecule has 0 aliphatic heterocycles. The average Bonchev–Trinajstić information content (AvgIpc) is 3.15. The van der Waals surface area contributed by atoms with E-state index in [1.807, 2.05) is 0 Å². The van der Waals surface area contributed by atoms with Gasteiger partial charge in [0.1, 0.15) is 12.2 Å². The van der Waals surface area contributed by atoms with Gasteiger partial charge in [-0.1, -0.05) is 11.8 Å². The Hall–Kier alpha value is -4.22. The number of nitrogens with zero attached hydrogens (tertiary/aromatic N) is 2. The second-order valence-corrected chi connectivity index (χ2v) is 11.0. The first-order chi connectivity index (χ1) is 25.3. The van der Waals surface area contributed by atoms with E-state index >= 15 is 0 Å². The van der Waals surface area contributed by atoms with E-state index < -0.39 is 24.1 Å². The third-order valence-corrected chi connectivity index (χ3v) is 6.59. The lowest BCUT2D eigenvalue weighted by Gasteiger charge is -2.14. The minimum atomic E-state index is -0.609. The van der Waals surface area contributed by atoms with Crippen LogP contribution in [-0.4, -0.2) is 131 Å². The van der Waals surface area contributed by atoms with Gasteiger partial charge in [0, 0.05) is 25.3 Å². The molecule has 2 rings (SSSR count). The standard InChI is InChI=1S/C38H50N2O12/c1-7-31-21-33(37(41)51-29(3)27-49-19-17-47-15-13-45-11-9-43-5)25-35(23-31)39-40-36-24-32(8-2)22-34(26-36)38(42)52-30(4)28-50-20-18-48-16-14-46-12-10-44-6/h1-2,21-26,29-30H,9-20,27-28H2,3-6H3/t29-,30-/m0/s1. The maximum atomic E-state index is 12.9. The van der Waals surface area contributed by atoms with E-state index in [2.05, 4.69) is 22.1 Å². The molecule has 0 N–H and O–H groups in total. The molecule has 0 saturated heterocycles. The fraction of sp³-hybridized carbons (Fsp3) is 0.526. The lowest BCUT2D eigenvalue weighted by Crippen LogP contribution is -2.22. The zero-order valence-corrected chi connectivity index (χ0v) is 30.5. The van der Waals surface area contributed by atoms with E-state index in [1.54, 1.807) is 40.2 Å². The van der Waals surface area contributed by atoms with Crippen LogP contribution in [0.25, 0.3) is 0 Å². The Balaban J connectivity index is 1.88. The zero-order valence-electron chi connectivity index (χ0n) is 30.5. The summed E-state index contributed by atoms with van der Waals surface area (Å²) < 4.78 is 53.5. The van der Waals surface area contributed by atoms with Crippen LogP contribution in [0.3, 0.4) is 0 Å². The summed E-state index contributed by atoms with van der Waals surface area (Å²) in [6.07, 6.45) is 10.2. The third-order valence-electron chi connectivity index (χ3n) is 6.59. The molecule has 0 aromatic heterocycles. The second-order valence-electron chi connectivity index (χ2n) is 11.0. The molecule has 0 aliphatic carbocycles. The van der Waals surface area contributed by atoms with Gasteiger partial charge in [-0.3, -0.25) is 0 Å². The molecule has 2 atom stereocenters. The van der Waals surface area contributed by atoms with Crippen LogP contribution in [0.1, 0.15) is 45.7 Å². The predicted molar refractivity (Wildman–Crippen MR) is 191 cm³/mol. The van der Waals surface area contributed by atoms with Crippen LogP contribution < -0.4 is 0 Å². The van der Waals surface area contributed by atoms with Crippen LogP contribution in [-0.2, 0) is 47.4 Å². The number of hydrogen-bond donors (Lipinski definition) is 0. The van der Waals surface area contributed by atoms with Crippen molar-refractivity contribution < 1.29 is 57.0 Å². The van der Waals surface area contributed by atoms with Gasteiger partial charge in [-0.25, -0.2) is 9.59 Å². The average molecular weight is 727 g/mol. The number of azo groups is 1. The monoisotopic (exact) mass is 726 g/mol. The summed E-state index contributed by atoms with van der Waals surface area (Å²) in [7, 11) is 3.22. The van der Waals surface area contributed by atoms with Crippen molar-refractivity contribution in [2.45, 2.75) is 26.1 Å². The van der Waals surface area contributed by atoms with Crippen molar-refractivity contribution in [1.82, 2.24) is 0 Å². The Bertz CT molecular complexity index is 1340. The van der Waals surface area contributed by atoms with E-state index in [-0.39, 0.29) is 24.3 Å². The van der Waals surface area contributed by atoms with Gasteiger partial charge in [-0.05, 0) is 50.2 Å². The quantitative estimate of drug-likeness (QED) is 0.0524. The van der Waals surface area contributed by atoms with E-state index in [4.69, 9.17) is 60.2 Å². The molecule has 0 aliphatic rings. The van der Waals surface area contributed by atoms with Crippen LogP contribution in [0.5, 0.6) is 0 Å². The molecule has 14 nitrogen and oxygen atoms in total. The maximum Gasteiger partial charge on any atom is 0.338 e. The third kappa shape index (κ3) is 19.4. The van der Waals surface area contributed by atoms with Gasteiger partial charge in [0.15, 0.2) is 0 Å². The minimum absolute atomic E-state index is 0.171. The van der Waals surface area contributed by atoms with Gasteiger partial charge in [0.25, 0.3) is 0 Å². The summed E-state index contributed by atoms with van der Waals surface area (Å²) >= 11 is 0. The molecule has 2 aromatic carbocycles. The lowest BCUT2D eigenvalue weighted by atomic mass is 10.1. The molecule has 284 valence electrons. The lowest BCUT2D eigenvalue weighted by molar-refractivity contribution is -0.0219. The molecular formula is C38H50N2O12.